The Morgan fingerprint density at radius 2 is 2.35 bits per heavy atom. The predicted octanol–water partition coefficient (Wildman–Crippen LogP) is 2.87. The van der Waals surface area contributed by atoms with Crippen molar-refractivity contribution in [1.82, 2.24) is 10.5 Å². The Hall–Kier alpha value is -1.66. The third-order valence-corrected chi connectivity index (χ3v) is 3.58. The minimum absolute atomic E-state index is 0.174. The SMILES string of the molecule is CCCOCCNC(=O)c1c(C)noc1-c1cccs1. The van der Waals surface area contributed by atoms with Crippen LogP contribution in [0.2, 0.25) is 0 Å². The monoisotopic (exact) mass is 294 g/mol. The summed E-state index contributed by atoms with van der Waals surface area (Å²) in [5.41, 5.74) is 1.10. The first-order chi connectivity index (χ1) is 9.74. The van der Waals surface area contributed by atoms with Crippen molar-refractivity contribution in [2.45, 2.75) is 20.3 Å². The second-order valence-electron chi connectivity index (χ2n) is 4.32. The maximum atomic E-state index is 12.2. The van der Waals surface area contributed by atoms with Gasteiger partial charge in [0, 0.05) is 13.2 Å². The molecular weight excluding hydrogens is 276 g/mol. The largest absolute Gasteiger partial charge is 0.380 e. The highest BCUT2D eigenvalue weighted by molar-refractivity contribution is 7.13. The molecule has 5 nitrogen and oxygen atoms in total. The number of aryl methyl sites for hydroxylation is 1. The first kappa shape index (κ1) is 14.7. The standard InChI is InChI=1S/C14H18N2O3S/c1-3-7-18-8-6-15-14(17)12-10(2)16-19-13(12)11-5-4-9-20-11/h4-5,9H,3,6-8H2,1-2H3,(H,15,17). The fourth-order valence-electron chi connectivity index (χ4n) is 1.78. The highest BCUT2D eigenvalue weighted by atomic mass is 32.1. The van der Waals surface area contributed by atoms with E-state index in [2.05, 4.69) is 10.5 Å². The topological polar surface area (TPSA) is 64.4 Å². The van der Waals surface area contributed by atoms with Gasteiger partial charge in [0.05, 0.1) is 17.2 Å². The molecule has 0 spiro atoms. The van der Waals surface area contributed by atoms with Gasteiger partial charge in [-0.05, 0) is 24.8 Å². The Morgan fingerprint density at radius 1 is 1.50 bits per heavy atom. The molecule has 0 radical (unpaired) electrons. The lowest BCUT2D eigenvalue weighted by atomic mass is 10.1. The van der Waals surface area contributed by atoms with Gasteiger partial charge in [-0.25, -0.2) is 0 Å². The summed E-state index contributed by atoms with van der Waals surface area (Å²) < 4.78 is 10.6. The first-order valence-electron chi connectivity index (χ1n) is 6.60. The van der Waals surface area contributed by atoms with Gasteiger partial charge in [-0.3, -0.25) is 4.79 Å². The number of aromatic nitrogens is 1. The van der Waals surface area contributed by atoms with Gasteiger partial charge < -0.3 is 14.6 Å². The van der Waals surface area contributed by atoms with Crippen LogP contribution in [-0.4, -0.2) is 30.8 Å². The minimum atomic E-state index is -0.174. The molecule has 1 amide bonds. The molecule has 108 valence electrons. The average molecular weight is 294 g/mol. The molecule has 0 bridgehead atoms. The van der Waals surface area contributed by atoms with E-state index in [0.717, 1.165) is 11.3 Å². The van der Waals surface area contributed by atoms with Crippen LogP contribution in [0.4, 0.5) is 0 Å². The number of ether oxygens (including phenoxy) is 1. The lowest BCUT2D eigenvalue weighted by molar-refractivity contribution is 0.0915. The van der Waals surface area contributed by atoms with Crippen molar-refractivity contribution in [2.75, 3.05) is 19.8 Å². The van der Waals surface area contributed by atoms with Gasteiger partial charge in [0.2, 0.25) is 0 Å². The number of hydrogen-bond donors (Lipinski definition) is 1. The molecule has 0 saturated carbocycles. The van der Waals surface area contributed by atoms with Crippen LogP contribution in [0.1, 0.15) is 29.4 Å². The summed E-state index contributed by atoms with van der Waals surface area (Å²) in [7, 11) is 0. The van der Waals surface area contributed by atoms with Crippen molar-refractivity contribution in [2.24, 2.45) is 0 Å². The van der Waals surface area contributed by atoms with Crippen LogP contribution >= 0.6 is 11.3 Å². The summed E-state index contributed by atoms with van der Waals surface area (Å²) in [6.45, 7) is 5.52. The molecule has 0 aliphatic carbocycles. The van der Waals surface area contributed by atoms with Gasteiger partial charge in [-0.15, -0.1) is 11.3 Å². The third-order valence-electron chi connectivity index (χ3n) is 2.72. The summed E-state index contributed by atoms with van der Waals surface area (Å²) in [6.07, 6.45) is 0.973. The molecule has 2 aromatic rings. The fraction of sp³-hybridized carbons (Fsp3) is 0.429. The van der Waals surface area contributed by atoms with Gasteiger partial charge in [-0.1, -0.05) is 18.1 Å². The van der Waals surface area contributed by atoms with Crippen LogP contribution in [0.15, 0.2) is 22.0 Å². The Labute approximate surface area is 121 Å². The molecule has 0 fully saturated rings. The van der Waals surface area contributed by atoms with Crippen molar-refractivity contribution >= 4 is 17.2 Å². The van der Waals surface area contributed by atoms with E-state index >= 15 is 0 Å². The zero-order valence-corrected chi connectivity index (χ0v) is 12.5. The van der Waals surface area contributed by atoms with Crippen molar-refractivity contribution in [3.8, 4) is 10.6 Å². The van der Waals surface area contributed by atoms with E-state index in [4.69, 9.17) is 9.26 Å². The van der Waals surface area contributed by atoms with Crippen molar-refractivity contribution < 1.29 is 14.1 Å². The highest BCUT2D eigenvalue weighted by Crippen LogP contribution is 2.29. The number of carbonyl (C=O) groups is 1. The lowest BCUT2D eigenvalue weighted by Crippen LogP contribution is -2.28. The zero-order chi connectivity index (χ0) is 14.4. The fourth-order valence-corrected chi connectivity index (χ4v) is 2.49. The van der Waals surface area contributed by atoms with E-state index in [1.165, 1.54) is 11.3 Å². The van der Waals surface area contributed by atoms with Crippen LogP contribution in [-0.2, 0) is 4.74 Å². The number of hydrogen-bond acceptors (Lipinski definition) is 5. The molecule has 0 unspecified atom stereocenters. The summed E-state index contributed by atoms with van der Waals surface area (Å²) in [5, 5.41) is 8.66. The molecule has 2 aromatic heterocycles. The summed E-state index contributed by atoms with van der Waals surface area (Å²) in [5.74, 6) is 0.358. The Balaban J connectivity index is 2.01. The number of nitrogens with one attached hydrogen (secondary N) is 1. The molecule has 0 atom stereocenters. The third kappa shape index (κ3) is 3.46. The smallest absolute Gasteiger partial charge is 0.257 e. The van der Waals surface area contributed by atoms with Gasteiger partial charge in [0.15, 0.2) is 5.76 Å². The van der Waals surface area contributed by atoms with Crippen LogP contribution in [0, 0.1) is 6.92 Å². The number of rotatable bonds is 7. The van der Waals surface area contributed by atoms with Gasteiger partial charge in [0.1, 0.15) is 5.56 Å². The zero-order valence-electron chi connectivity index (χ0n) is 11.6. The molecule has 0 aliphatic rings. The van der Waals surface area contributed by atoms with Crippen LogP contribution in [0.3, 0.4) is 0 Å². The second-order valence-corrected chi connectivity index (χ2v) is 5.27. The molecule has 2 rings (SSSR count). The number of thiophene rings is 1. The summed E-state index contributed by atoms with van der Waals surface area (Å²) in [4.78, 5) is 13.1. The van der Waals surface area contributed by atoms with Crippen molar-refractivity contribution in [3.63, 3.8) is 0 Å². The van der Waals surface area contributed by atoms with E-state index in [-0.39, 0.29) is 5.91 Å². The molecule has 20 heavy (non-hydrogen) atoms. The minimum Gasteiger partial charge on any atom is -0.380 e. The molecule has 2 heterocycles. The predicted molar refractivity (Wildman–Crippen MR) is 78.0 cm³/mol. The molecule has 0 saturated heterocycles. The van der Waals surface area contributed by atoms with Crippen molar-refractivity contribution in [1.29, 1.82) is 0 Å². The van der Waals surface area contributed by atoms with E-state index in [1.54, 1.807) is 6.92 Å². The van der Waals surface area contributed by atoms with Crippen LogP contribution in [0.25, 0.3) is 10.6 Å². The summed E-state index contributed by atoms with van der Waals surface area (Å²) in [6, 6.07) is 3.82. The average Bonchev–Trinajstić information content (AvgIpc) is 3.07. The normalized spacial score (nSPS) is 10.7. The van der Waals surface area contributed by atoms with Crippen LogP contribution in [0.5, 0.6) is 0 Å². The van der Waals surface area contributed by atoms with Gasteiger partial charge in [0.25, 0.3) is 5.91 Å². The lowest BCUT2D eigenvalue weighted by Gasteiger charge is -2.05. The number of carbonyl (C=O) groups excluding carboxylic acids is 1. The van der Waals surface area contributed by atoms with Crippen molar-refractivity contribution in [3.05, 3.63) is 28.8 Å². The molecule has 0 aliphatic heterocycles. The Bertz CT molecular complexity index is 549. The summed E-state index contributed by atoms with van der Waals surface area (Å²) >= 11 is 1.52. The van der Waals surface area contributed by atoms with Crippen LogP contribution < -0.4 is 5.32 Å². The second kappa shape index (κ2) is 7.21. The van der Waals surface area contributed by atoms with Gasteiger partial charge in [-0.2, -0.15) is 0 Å². The van der Waals surface area contributed by atoms with E-state index in [9.17, 15) is 4.79 Å². The molecule has 1 N–H and O–H groups in total. The van der Waals surface area contributed by atoms with Gasteiger partial charge >= 0.3 is 0 Å². The number of amides is 1. The van der Waals surface area contributed by atoms with E-state index < -0.39 is 0 Å². The molecular formula is C14H18N2O3S. The quantitative estimate of drug-likeness (QED) is 0.797. The maximum Gasteiger partial charge on any atom is 0.257 e. The highest BCUT2D eigenvalue weighted by Gasteiger charge is 2.21. The van der Waals surface area contributed by atoms with E-state index in [1.807, 2.05) is 24.4 Å². The first-order valence-corrected chi connectivity index (χ1v) is 7.48. The number of nitrogens with zero attached hydrogens (tertiary/aromatic N) is 1. The Morgan fingerprint density at radius 3 is 3.05 bits per heavy atom. The molecule has 6 heteroatoms. The van der Waals surface area contributed by atoms with E-state index in [0.29, 0.717) is 36.8 Å². The maximum absolute atomic E-state index is 12.2. The Kier molecular flexibility index (Phi) is 5.31. The molecule has 0 aromatic carbocycles.